The molecule has 33 heavy (non-hydrogen) atoms. The molecule has 0 spiro atoms. The highest BCUT2D eigenvalue weighted by atomic mass is 16.6. The Morgan fingerprint density at radius 2 is 1.73 bits per heavy atom. The Balaban J connectivity index is 1.40. The van der Waals surface area contributed by atoms with Gasteiger partial charge in [0.2, 0.25) is 5.91 Å². The number of anilines is 3. The first kappa shape index (κ1) is 21.5. The first-order valence-corrected chi connectivity index (χ1v) is 9.89. The first-order valence-electron chi connectivity index (χ1n) is 9.89. The number of amides is 3. The maximum absolute atomic E-state index is 13.0. The average Bonchev–Trinajstić information content (AvgIpc) is 2.82. The van der Waals surface area contributed by atoms with Crippen molar-refractivity contribution in [3.05, 3.63) is 88.5 Å². The maximum atomic E-state index is 13.0. The zero-order chi connectivity index (χ0) is 23.4. The van der Waals surface area contributed by atoms with Crippen LogP contribution in [0.15, 0.2) is 72.8 Å². The summed E-state index contributed by atoms with van der Waals surface area (Å²) in [5, 5.41) is 16.4. The molecule has 0 unspecified atom stereocenters. The second kappa shape index (κ2) is 9.18. The van der Waals surface area contributed by atoms with E-state index in [2.05, 4.69) is 10.6 Å². The van der Waals surface area contributed by atoms with E-state index in [0.717, 1.165) is 0 Å². The molecule has 3 aromatic rings. The minimum absolute atomic E-state index is 0.00977. The Hall–Kier alpha value is -4.73. The summed E-state index contributed by atoms with van der Waals surface area (Å²) in [6, 6.07) is 19.0. The Morgan fingerprint density at radius 3 is 2.48 bits per heavy atom. The van der Waals surface area contributed by atoms with Gasteiger partial charge in [-0.25, -0.2) is 0 Å². The number of nitro groups is 1. The third-order valence-electron chi connectivity index (χ3n) is 4.85. The van der Waals surface area contributed by atoms with Crippen molar-refractivity contribution in [1.82, 2.24) is 0 Å². The minimum atomic E-state index is -0.590. The number of hydrogen-bond acceptors (Lipinski definition) is 6. The molecule has 10 nitrogen and oxygen atoms in total. The molecular weight excluding hydrogens is 428 g/mol. The van der Waals surface area contributed by atoms with Gasteiger partial charge in [-0.05, 0) is 42.5 Å². The van der Waals surface area contributed by atoms with Crippen LogP contribution in [0.4, 0.5) is 22.7 Å². The van der Waals surface area contributed by atoms with Crippen molar-refractivity contribution in [2.45, 2.75) is 0 Å². The molecule has 1 aliphatic heterocycles. The Labute approximate surface area is 187 Å². The zero-order valence-electron chi connectivity index (χ0n) is 17.2. The highest BCUT2D eigenvalue weighted by molar-refractivity contribution is 6.15. The lowest BCUT2D eigenvalue weighted by Gasteiger charge is -2.29. The van der Waals surface area contributed by atoms with Gasteiger partial charge in [0, 0.05) is 17.3 Å². The quantitative estimate of drug-likeness (QED) is 0.442. The van der Waals surface area contributed by atoms with Gasteiger partial charge in [0.25, 0.3) is 11.8 Å². The van der Waals surface area contributed by atoms with Crippen molar-refractivity contribution in [1.29, 1.82) is 0 Å². The van der Waals surface area contributed by atoms with Crippen molar-refractivity contribution in [3.63, 3.8) is 0 Å². The fourth-order valence-corrected chi connectivity index (χ4v) is 3.34. The van der Waals surface area contributed by atoms with Gasteiger partial charge in [0.05, 0.1) is 16.3 Å². The van der Waals surface area contributed by atoms with Crippen molar-refractivity contribution >= 4 is 40.5 Å². The normalized spacial score (nSPS) is 12.4. The summed E-state index contributed by atoms with van der Waals surface area (Å²) >= 11 is 0. The zero-order valence-corrected chi connectivity index (χ0v) is 17.2. The number of carbonyl (C=O) groups excluding carboxylic acids is 3. The minimum Gasteiger partial charge on any atom is -0.477 e. The third-order valence-corrected chi connectivity index (χ3v) is 4.85. The third kappa shape index (κ3) is 4.79. The van der Waals surface area contributed by atoms with Gasteiger partial charge in [-0.1, -0.05) is 24.3 Å². The summed E-state index contributed by atoms with van der Waals surface area (Å²) in [5.41, 5.74) is 1.69. The summed E-state index contributed by atoms with van der Waals surface area (Å²) in [5.74, 6) is -1.17. The van der Waals surface area contributed by atoms with Gasteiger partial charge in [-0.15, -0.1) is 0 Å². The van der Waals surface area contributed by atoms with Crippen LogP contribution in [0.2, 0.25) is 0 Å². The number of hydrogen-bond donors (Lipinski definition) is 2. The van der Waals surface area contributed by atoms with Crippen LogP contribution in [-0.2, 0) is 9.59 Å². The molecule has 0 saturated heterocycles. The van der Waals surface area contributed by atoms with E-state index in [4.69, 9.17) is 4.74 Å². The monoisotopic (exact) mass is 446 g/mol. The lowest BCUT2D eigenvalue weighted by molar-refractivity contribution is -0.385. The summed E-state index contributed by atoms with van der Waals surface area (Å²) in [6.45, 7) is -0.525. The van der Waals surface area contributed by atoms with E-state index >= 15 is 0 Å². The standard InChI is InChI=1S/C23H18N4O6/c28-21-13-26(18-6-2-1-5-17(18)25-21)23(30)15-9-11-16(12-10-15)24-22(29)14-33-20-8-4-3-7-19(20)27(31)32/h1-12H,13-14H2,(H,24,29)(H,25,28). The maximum Gasteiger partial charge on any atom is 0.310 e. The van der Waals surface area contributed by atoms with Crippen LogP contribution in [0.25, 0.3) is 0 Å². The number of fused-ring (bicyclic) bond motifs is 1. The highest BCUT2D eigenvalue weighted by Gasteiger charge is 2.27. The van der Waals surface area contributed by atoms with Crippen molar-refractivity contribution in [3.8, 4) is 5.75 Å². The van der Waals surface area contributed by atoms with E-state index in [1.54, 1.807) is 42.5 Å². The van der Waals surface area contributed by atoms with Crippen LogP contribution in [0.3, 0.4) is 0 Å². The van der Waals surface area contributed by atoms with Gasteiger partial charge < -0.3 is 15.4 Å². The first-order chi connectivity index (χ1) is 15.9. The van der Waals surface area contributed by atoms with E-state index in [0.29, 0.717) is 22.6 Å². The van der Waals surface area contributed by atoms with E-state index in [1.807, 2.05) is 0 Å². The number of para-hydroxylation sites is 4. The van der Waals surface area contributed by atoms with E-state index in [1.165, 1.54) is 35.2 Å². The highest BCUT2D eigenvalue weighted by Crippen LogP contribution is 2.30. The average molecular weight is 446 g/mol. The fourth-order valence-electron chi connectivity index (χ4n) is 3.34. The number of benzene rings is 3. The van der Waals surface area contributed by atoms with Gasteiger partial charge in [0.15, 0.2) is 12.4 Å². The lowest BCUT2D eigenvalue weighted by Crippen LogP contribution is -2.42. The van der Waals surface area contributed by atoms with E-state index in [-0.39, 0.29) is 29.8 Å². The summed E-state index contributed by atoms with van der Waals surface area (Å²) in [7, 11) is 0. The van der Waals surface area contributed by atoms with Crippen LogP contribution in [-0.4, -0.2) is 35.8 Å². The van der Waals surface area contributed by atoms with Crippen LogP contribution in [0.5, 0.6) is 5.75 Å². The molecule has 166 valence electrons. The van der Waals surface area contributed by atoms with Crippen LogP contribution in [0.1, 0.15) is 10.4 Å². The predicted molar refractivity (Wildman–Crippen MR) is 120 cm³/mol. The van der Waals surface area contributed by atoms with Crippen LogP contribution >= 0.6 is 0 Å². The number of nitrogens with one attached hydrogen (secondary N) is 2. The smallest absolute Gasteiger partial charge is 0.310 e. The van der Waals surface area contributed by atoms with Gasteiger partial charge in [0.1, 0.15) is 6.54 Å². The van der Waals surface area contributed by atoms with Gasteiger partial charge in [-0.3, -0.25) is 29.4 Å². The second-order valence-electron chi connectivity index (χ2n) is 7.10. The molecule has 0 fully saturated rings. The Bertz CT molecular complexity index is 1240. The largest absolute Gasteiger partial charge is 0.477 e. The van der Waals surface area contributed by atoms with Crippen molar-refractivity contribution in [2.75, 3.05) is 28.7 Å². The lowest BCUT2D eigenvalue weighted by atomic mass is 10.1. The molecule has 3 amide bonds. The summed E-state index contributed by atoms with van der Waals surface area (Å²) in [6.07, 6.45) is 0. The number of carbonyl (C=O) groups is 3. The molecule has 0 atom stereocenters. The Kier molecular flexibility index (Phi) is 5.98. The summed E-state index contributed by atoms with van der Waals surface area (Å²) in [4.78, 5) is 48.9. The van der Waals surface area contributed by atoms with Crippen molar-refractivity contribution < 1.29 is 24.0 Å². The molecule has 0 saturated carbocycles. The molecule has 0 radical (unpaired) electrons. The van der Waals surface area contributed by atoms with Gasteiger partial charge >= 0.3 is 5.69 Å². The molecule has 0 bridgehead atoms. The van der Waals surface area contributed by atoms with Gasteiger partial charge in [-0.2, -0.15) is 0 Å². The molecule has 1 aliphatic rings. The topological polar surface area (TPSA) is 131 Å². The molecule has 1 heterocycles. The molecule has 10 heteroatoms. The molecule has 0 aliphatic carbocycles. The van der Waals surface area contributed by atoms with Crippen LogP contribution in [0, 0.1) is 10.1 Å². The summed E-state index contributed by atoms with van der Waals surface area (Å²) < 4.78 is 5.26. The molecule has 3 aromatic carbocycles. The fraction of sp³-hybridized carbons (Fsp3) is 0.0870. The number of nitrogens with zero attached hydrogens (tertiary/aromatic N) is 2. The molecule has 4 rings (SSSR count). The number of rotatable bonds is 6. The van der Waals surface area contributed by atoms with Crippen LogP contribution < -0.4 is 20.3 Å². The molecular formula is C23H18N4O6. The molecule has 2 N–H and O–H groups in total. The molecule has 0 aromatic heterocycles. The van der Waals surface area contributed by atoms with E-state index < -0.39 is 17.4 Å². The second-order valence-corrected chi connectivity index (χ2v) is 7.10. The van der Waals surface area contributed by atoms with E-state index in [9.17, 15) is 24.5 Å². The Morgan fingerprint density at radius 1 is 1.03 bits per heavy atom. The predicted octanol–water partition coefficient (Wildman–Crippen LogP) is 3.21. The SMILES string of the molecule is O=C(COc1ccccc1[N+](=O)[O-])Nc1ccc(C(=O)N2CC(=O)Nc3ccccc32)cc1. The number of nitro benzene ring substituents is 1. The van der Waals surface area contributed by atoms with Crippen molar-refractivity contribution in [2.24, 2.45) is 0 Å². The number of ether oxygens (including phenoxy) is 1.